The van der Waals surface area contributed by atoms with Crippen molar-refractivity contribution in [3.63, 3.8) is 0 Å². The van der Waals surface area contributed by atoms with E-state index in [9.17, 15) is 19.2 Å². The fourth-order valence-electron chi connectivity index (χ4n) is 3.58. The first-order chi connectivity index (χ1) is 16.9. The van der Waals surface area contributed by atoms with E-state index in [2.05, 4.69) is 15.5 Å². The first-order valence-corrected chi connectivity index (χ1v) is 12.8. The number of anilines is 1. The summed E-state index contributed by atoms with van der Waals surface area (Å²) in [6, 6.07) is -0.829. The molecule has 0 aliphatic carbocycles. The molecule has 3 atom stereocenters. The first-order valence-electron chi connectivity index (χ1n) is 10.8. The number of oxime groups is 1. The molecule has 3 heterocycles. The van der Waals surface area contributed by atoms with Gasteiger partial charge in [0.05, 0.1) is 12.0 Å². The highest BCUT2D eigenvalue weighted by molar-refractivity contribution is 8.00. The van der Waals surface area contributed by atoms with Gasteiger partial charge in [0.15, 0.2) is 10.8 Å². The van der Waals surface area contributed by atoms with Gasteiger partial charge in [-0.2, -0.15) is 0 Å². The van der Waals surface area contributed by atoms with Crippen LogP contribution in [0.4, 0.5) is 5.13 Å². The maximum Gasteiger partial charge on any atom is 0.319 e. The number of nitrogens with zero attached hydrogens (tertiary/aromatic N) is 3. The van der Waals surface area contributed by atoms with Crippen LogP contribution in [0, 0.1) is 10.8 Å². The van der Waals surface area contributed by atoms with E-state index in [1.807, 2.05) is 0 Å². The van der Waals surface area contributed by atoms with Gasteiger partial charge < -0.3 is 35.0 Å². The third kappa shape index (κ3) is 5.73. The Balaban J connectivity index is 1.63. The molecule has 0 bridgehead atoms. The molecule has 2 unspecified atom stereocenters. The second-order valence-electron chi connectivity index (χ2n) is 9.26. The molecule has 198 valence electrons. The van der Waals surface area contributed by atoms with Crippen LogP contribution in [0.2, 0.25) is 0 Å². The number of carbonyl (C=O) groups is 4. The number of thiazole rings is 1. The van der Waals surface area contributed by atoms with Gasteiger partial charge in [0.25, 0.3) is 5.91 Å². The lowest BCUT2D eigenvalue weighted by Gasteiger charge is -2.53. The first kappa shape index (κ1) is 27.7. The van der Waals surface area contributed by atoms with Gasteiger partial charge in [0.1, 0.15) is 29.6 Å². The fraction of sp³-hybridized carbons (Fsp3) is 0.619. The van der Waals surface area contributed by atoms with E-state index < -0.39 is 46.9 Å². The highest BCUT2D eigenvalue weighted by atomic mass is 32.2. The van der Waals surface area contributed by atoms with Gasteiger partial charge in [0, 0.05) is 24.8 Å². The number of fused-ring (bicyclic) bond motifs is 1. The monoisotopic (exact) mass is 543 g/mol. The summed E-state index contributed by atoms with van der Waals surface area (Å²) < 4.78 is 15.5. The standard InChI is InChI=1S/C21H29N5O8S2/c1-20(2,3)17(29)33-10-34-18(30)21(8-31-4)7-26-15(28)13(16(26)36-9-21)24-14(27)12(25-32-5)11-6-35-19(22)23-11/h6,13,16H,7-10H2,1-5H3,(H2,22,23)(H,24,27)/t13?,16-,21?/m1/s1. The number of rotatable bonds is 9. The molecule has 36 heavy (non-hydrogen) atoms. The van der Waals surface area contributed by atoms with E-state index in [1.54, 1.807) is 26.2 Å². The molecule has 0 saturated carbocycles. The Morgan fingerprint density at radius 2 is 2.03 bits per heavy atom. The number of aromatic nitrogens is 1. The van der Waals surface area contributed by atoms with Crippen molar-refractivity contribution < 1.29 is 38.2 Å². The Kier molecular flexibility index (Phi) is 8.46. The number of amides is 2. The van der Waals surface area contributed by atoms with Crippen molar-refractivity contribution in [1.82, 2.24) is 15.2 Å². The van der Waals surface area contributed by atoms with Gasteiger partial charge in [-0.1, -0.05) is 5.16 Å². The number of thioether (sulfide) groups is 1. The molecule has 13 nitrogen and oxygen atoms in total. The highest BCUT2D eigenvalue weighted by Gasteiger charge is 2.58. The van der Waals surface area contributed by atoms with Crippen LogP contribution in [-0.2, 0) is 38.2 Å². The van der Waals surface area contributed by atoms with Crippen LogP contribution in [-0.4, -0.2) is 90.7 Å². The van der Waals surface area contributed by atoms with E-state index in [-0.39, 0.29) is 41.3 Å². The molecule has 1 aromatic rings. The zero-order valence-corrected chi connectivity index (χ0v) is 22.2. The topological polar surface area (TPSA) is 172 Å². The molecule has 2 aliphatic heterocycles. The Morgan fingerprint density at radius 1 is 1.31 bits per heavy atom. The summed E-state index contributed by atoms with van der Waals surface area (Å²) >= 11 is 2.44. The van der Waals surface area contributed by atoms with E-state index in [4.69, 9.17) is 24.8 Å². The van der Waals surface area contributed by atoms with E-state index in [1.165, 1.54) is 30.9 Å². The van der Waals surface area contributed by atoms with Crippen LogP contribution in [0.3, 0.4) is 0 Å². The SMILES string of the molecule is COCC1(C(=O)OCOC(=O)C(C)(C)C)CS[C@@H]2C(NC(=O)C(=NOC)c3csc(N)n3)C(=O)N2C1. The van der Waals surface area contributed by atoms with Crippen molar-refractivity contribution in [2.24, 2.45) is 16.0 Å². The Hall–Kier alpha value is -2.91. The number of hydrogen-bond acceptors (Lipinski definition) is 13. The third-order valence-corrected chi connectivity index (χ3v) is 7.70. The van der Waals surface area contributed by atoms with Crippen LogP contribution >= 0.6 is 23.1 Å². The molecule has 0 aromatic carbocycles. The number of nitrogens with two attached hydrogens (primary N) is 1. The molecule has 0 spiro atoms. The van der Waals surface area contributed by atoms with Crippen LogP contribution in [0.25, 0.3) is 0 Å². The fourth-order valence-corrected chi connectivity index (χ4v) is 5.65. The van der Waals surface area contributed by atoms with Crippen molar-refractivity contribution in [1.29, 1.82) is 0 Å². The van der Waals surface area contributed by atoms with Crippen molar-refractivity contribution in [3.8, 4) is 0 Å². The average molecular weight is 544 g/mol. The Bertz CT molecular complexity index is 1060. The minimum atomic E-state index is -1.16. The van der Waals surface area contributed by atoms with Crippen LogP contribution in [0.5, 0.6) is 0 Å². The molecule has 2 aliphatic rings. The van der Waals surface area contributed by atoms with Crippen LogP contribution in [0.1, 0.15) is 26.5 Å². The second kappa shape index (κ2) is 11.0. The number of nitrogens with one attached hydrogen (secondary N) is 1. The maximum atomic E-state index is 12.9. The molecule has 15 heteroatoms. The van der Waals surface area contributed by atoms with Gasteiger partial charge >= 0.3 is 11.9 Å². The summed E-state index contributed by atoms with van der Waals surface area (Å²) in [5.41, 5.74) is 3.86. The number of ether oxygens (including phenoxy) is 3. The molecule has 3 N–H and O–H groups in total. The lowest BCUT2D eigenvalue weighted by Crippen LogP contribution is -2.74. The second-order valence-corrected chi connectivity index (χ2v) is 11.3. The predicted octanol–water partition coefficient (Wildman–Crippen LogP) is 0.199. The molecule has 2 amide bonds. The lowest BCUT2D eigenvalue weighted by atomic mass is 9.88. The average Bonchev–Trinajstić information content (AvgIpc) is 3.25. The zero-order valence-electron chi connectivity index (χ0n) is 20.6. The van der Waals surface area contributed by atoms with E-state index >= 15 is 0 Å². The Morgan fingerprint density at radius 3 is 2.61 bits per heavy atom. The molecule has 0 radical (unpaired) electrons. The van der Waals surface area contributed by atoms with Crippen LogP contribution < -0.4 is 11.1 Å². The molecule has 2 fully saturated rings. The number of β-lactam (4-membered cyclic amide) rings is 1. The molecular formula is C21H29N5O8S2. The number of carbonyl (C=O) groups excluding carboxylic acids is 4. The largest absolute Gasteiger partial charge is 0.427 e. The minimum Gasteiger partial charge on any atom is -0.427 e. The van der Waals surface area contributed by atoms with E-state index in [0.717, 1.165) is 11.3 Å². The highest BCUT2D eigenvalue weighted by Crippen LogP contribution is 2.43. The predicted molar refractivity (Wildman–Crippen MR) is 131 cm³/mol. The maximum absolute atomic E-state index is 12.9. The molecule has 2 saturated heterocycles. The van der Waals surface area contributed by atoms with Crippen molar-refractivity contribution >= 4 is 57.7 Å². The summed E-state index contributed by atoms with van der Waals surface area (Å²) in [5.74, 6) is -1.91. The summed E-state index contributed by atoms with van der Waals surface area (Å²) in [4.78, 5) is 60.9. The summed E-state index contributed by atoms with van der Waals surface area (Å²) in [5, 5.41) is 7.80. The zero-order chi connectivity index (χ0) is 26.7. The van der Waals surface area contributed by atoms with Crippen molar-refractivity contribution in [2.45, 2.75) is 32.2 Å². The van der Waals surface area contributed by atoms with Gasteiger partial charge in [-0.3, -0.25) is 19.2 Å². The number of esters is 2. The number of methoxy groups -OCH3 is 1. The van der Waals surface area contributed by atoms with Gasteiger partial charge in [-0.05, 0) is 20.8 Å². The van der Waals surface area contributed by atoms with Gasteiger partial charge in [-0.25, -0.2) is 4.98 Å². The lowest BCUT2D eigenvalue weighted by molar-refractivity contribution is -0.183. The third-order valence-electron chi connectivity index (χ3n) is 5.44. The Labute approximate surface area is 216 Å². The number of nitrogen functional groups attached to an aromatic ring is 1. The van der Waals surface area contributed by atoms with Gasteiger partial charge in [-0.15, -0.1) is 23.1 Å². The molecular weight excluding hydrogens is 514 g/mol. The van der Waals surface area contributed by atoms with Crippen LogP contribution in [0.15, 0.2) is 10.5 Å². The summed E-state index contributed by atoms with van der Waals surface area (Å²) in [6.07, 6.45) is 0. The smallest absolute Gasteiger partial charge is 0.319 e. The molecule has 3 rings (SSSR count). The number of hydrogen-bond donors (Lipinski definition) is 2. The van der Waals surface area contributed by atoms with Gasteiger partial charge in [0.2, 0.25) is 12.7 Å². The molecule has 1 aromatic heterocycles. The normalized spacial score (nSPS) is 23.9. The van der Waals surface area contributed by atoms with Crippen molar-refractivity contribution in [2.75, 3.05) is 45.7 Å². The van der Waals surface area contributed by atoms with E-state index in [0.29, 0.717) is 0 Å². The van der Waals surface area contributed by atoms with Crippen molar-refractivity contribution in [3.05, 3.63) is 11.1 Å². The quantitative estimate of drug-likeness (QED) is 0.143. The summed E-state index contributed by atoms with van der Waals surface area (Å²) in [6.45, 7) is 4.53. The summed E-state index contributed by atoms with van der Waals surface area (Å²) in [7, 11) is 2.73. The minimum absolute atomic E-state index is 0.00450.